The fourth-order valence-electron chi connectivity index (χ4n) is 6.67. The van der Waals surface area contributed by atoms with Gasteiger partial charge in [0, 0.05) is 51.0 Å². The van der Waals surface area contributed by atoms with Crippen LogP contribution in [0.2, 0.25) is 0 Å². The Hall–Kier alpha value is -6.58. The third kappa shape index (κ3) is 4.45. The minimum Gasteiger partial charge on any atom is -0.322 e. The van der Waals surface area contributed by atoms with Crippen molar-refractivity contribution in [1.82, 2.24) is 19.5 Å². The first-order valence-electron chi connectivity index (χ1n) is 15.5. The van der Waals surface area contributed by atoms with Crippen molar-refractivity contribution in [2.75, 3.05) is 11.9 Å². The van der Waals surface area contributed by atoms with Crippen molar-refractivity contribution in [3.63, 3.8) is 0 Å². The van der Waals surface area contributed by atoms with Gasteiger partial charge < -0.3 is 9.88 Å². The van der Waals surface area contributed by atoms with Gasteiger partial charge in [-0.15, -0.1) is 0 Å². The fourth-order valence-corrected chi connectivity index (χ4v) is 6.67. The molecule has 4 heterocycles. The zero-order chi connectivity index (χ0) is 31.2. The third-order valence-electron chi connectivity index (χ3n) is 8.63. The number of rotatable bonds is 5. The van der Waals surface area contributed by atoms with E-state index in [1.165, 1.54) is 0 Å². The molecule has 0 bridgehead atoms. The zero-order valence-electron chi connectivity index (χ0n) is 25.2. The van der Waals surface area contributed by atoms with Gasteiger partial charge in [0.1, 0.15) is 6.54 Å². The summed E-state index contributed by atoms with van der Waals surface area (Å²) in [5.41, 5.74) is 8.48. The van der Waals surface area contributed by atoms with Crippen LogP contribution in [0.15, 0.2) is 139 Å². The Labute approximate surface area is 270 Å². The number of fused-ring (bicyclic) bond motifs is 6. The molecule has 47 heavy (non-hydrogen) atoms. The van der Waals surface area contributed by atoms with Crippen LogP contribution in [0, 0.1) is 11.8 Å². The Bertz CT molecular complexity index is 2620. The molecule has 0 aliphatic carbocycles. The summed E-state index contributed by atoms with van der Waals surface area (Å²) >= 11 is 0. The van der Waals surface area contributed by atoms with Crippen LogP contribution >= 0.6 is 0 Å². The summed E-state index contributed by atoms with van der Waals surface area (Å²) in [5.74, 6) is 7.16. The monoisotopic (exact) mass is 602 g/mol. The number of para-hydroxylation sites is 2. The van der Waals surface area contributed by atoms with E-state index >= 15 is 0 Å². The predicted molar refractivity (Wildman–Crippen MR) is 193 cm³/mol. The number of hydrogen-bond acceptors (Lipinski definition) is 5. The highest BCUT2D eigenvalue weighted by molar-refractivity contribution is 6.28. The zero-order valence-corrected chi connectivity index (χ0v) is 25.2. The minimum atomic E-state index is 0.451. The van der Waals surface area contributed by atoms with Crippen LogP contribution in [0.3, 0.4) is 0 Å². The van der Waals surface area contributed by atoms with Crippen molar-refractivity contribution in [2.45, 2.75) is 0 Å². The van der Waals surface area contributed by atoms with Crippen LogP contribution < -0.4 is 5.32 Å². The molecular formula is C41H26N6. The second-order valence-corrected chi connectivity index (χ2v) is 11.4. The first-order valence-corrected chi connectivity index (χ1v) is 15.5. The van der Waals surface area contributed by atoms with E-state index in [1.54, 1.807) is 0 Å². The van der Waals surface area contributed by atoms with Crippen LogP contribution in [0.5, 0.6) is 0 Å². The first-order chi connectivity index (χ1) is 23.3. The molecule has 8 aromatic rings. The molecule has 1 aliphatic heterocycles. The molecule has 0 saturated carbocycles. The van der Waals surface area contributed by atoms with Crippen molar-refractivity contribution in [3.8, 4) is 28.8 Å². The van der Waals surface area contributed by atoms with Crippen molar-refractivity contribution < 1.29 is 0 Å². The summed E-state index contributed by atoms with van der Waals surface area (Å²) in [6, 6.07) is 39.5. The summed E-state index contributed by atoms with van der Waals surface area (Å²) < 4.78 is 2.29. The summed E-state index contributed by atoms with van der Waals surface area (Å²) in [4.78, 5) is 19.3. The predicted octanol–water partition coefficient (Wildman–Crippen LogP) is 9.16. The molecule has 0 saturated heterocycles. The van der Waals surface area contributed by atoms with Crippen LogP contribution in [0.1, 0.15) is 5.56 Å². The van der Waals surface area contributed by atoms with Crippen molar-refractivity contribution in [1.29, 1.82) is 0 Å². The molecule has 6 heteroatoms. The summed E-state index contributed by atoms with van der Waals surface area (Å²) in [6.45, 7) is 0.451. The summed E-state index contributed by atoms with van der Waals surface area (Å²) in [7, 11) is 0. The number of aliphatic imine (C=N–C) groups is 1. The smallest absolute Gasteiger partial charge is 0.228 e. The maximum atomic E-state index is 5.19. The minimum absolute atomic E-state index is 0.451. The summed E-state index contributed by atoms with van der Waals surface area (Å²) in [5, 5.41) is 9.20. The van der Waals surface area contributed by atoms with E-state index in [2.05, 4.69) is 104 Å². The maximum absolute atomic E-state index is 5.19. The number of allylic oxidation sites excluding steroid dienone is 2. The van der Waals surface area contributed by atoms with Gasteiger partial charge >= 0.3 is 0 Å². The van der Waals surface area contributed by atoms with Gasteiger partial charge in [-0.1, -0.05) is 103 Å². The van der Waals surface area contributed by atoms with E-state index in [-0.39, 0.29) is 0 Å². The maximum Gasteiger partial charge on any atom is 0.228 e. The van der Waals surface area contributed by atoms with Gasteiger partial charge in [0.05, 0.1) is 34.1 Å². The lowest BCUT2D eigenvalue weighted by Gasteiger charge is -2.19. The topological polar surface area (TPSA) is 68.0 Å². The van der Waals surface area contributed by atoms with E-state index in [1.807, 2.05) is 67.1 Å². The Morgan fingerprint density at radius 1 is 0.702 bits per heavy atom. The Morgan fingerprint density at radius 3 is 2.30 bits per heavy atom. The van der Waals surface area contributed by atoms with E-state index in [9.17, 15) is 0 Å². The van der Waals surface area contributed by atoms with E-state index in [4.69, 9.17) is 9.97 Å². The summed E-state index contributed by atoms with van der Waals surface area (Å²) in [6.07, 6.45) is 7.65. The van der Waals surface area contributed by atoms with Gasteiger partial charge in [0.25, 0.3) is 0 Å². The molecule has 0 fully saturated rings. The molecule has 1 N–H and O–H groups in total. The van der Waals surface area contributed by atoms with Crippen LogP contribution in [0.4, 0.5) is 11.6 Å². The number of pyridine rings is 1. The van der Waals surface area contributed by atoms with Gasteiger partial charge in [0.2, 0.25) is 5.95 Å². The van der Waals surface area contributed by atoms with E-state index in [0.29, 0.717) is 12.5 Å². The van der Waals surface area contributed by atoms with Crippen molar-refractivity contribution in [2.24, 2.45) is 4.99 Å². The van der Waals surface area contributed by atoms with Crippen LogP contribution in [-0.2, 0) is 0 Å². The quantitative estimate of drug-likeness (QED) is 0.200. The second kappa shape index (κ2) is 11.1. The molecule has 0 amide bonds. The van der Waals surface area contributed by atoms with Gasteiger partial charge in [-0.3, -0.25) is 9.98 Å². The molecule has 3 aromatic heterocycles. The van der Waals surface area contributed by atoms with Crippen LogP contribution in [0.25, 0.3) is 66.0 Å². The Kier molecular flexibility index (Phi) is 6.32. The molecule has 0 atom stereocenters. The van der Waals surface area contributed by atoms with Crippen molar-refractivity contribution in [3.05, 3.63) is 139 Å². The highest BCUT2D eigenvalue weighted by atomic mass is 15.1. The highest BCUT2D eigenvalue weighted by Crippen LogP contribution is 2.46. The molecule has 0 spiro atoms. The first kappa shape index (κ1) is 26.8. The number of nitrogens with one attached hydrogen (secondary N) is 1. The SMILES string of the molecule is C1#CC(c2c(Nc3nc(-c4ccccc4)c4ccccc4n3)c3c(c4ccccc24)c2ccncc2n3-c2ccccc2)=CC=NC1. The lowest BCUT2D eigenvalue weighted by molar-refractivity contribution is 1.16. The van der Waals surface area contributed by atoms with E-state index in [0.717, 1.165) is 77.2 Å². The number of nitrogens with zero attached hydrogens (tertiary/aromatic N) is 5. The van der Waals surface area contributed by atoms with Gasteiger partial charge in [-0.25, -0.2) is 9.97 Å². The van der Waals surface area contributed by atoms with Crippen molar-refractivity contribution >= 4 is 66.9 Å². The standard InChI is InChI=1S/C41H26N6/c1-3-12-28(13-4-1)38-32-19-9-10-20-34(32)44-41(45-38)46-39-36(27-14-11-23-42-24-21-27)30-17-7-8-18-31(30)37-33-22-25-43-26-35(33)47(40(37)39)29-15-5-2-6-16-29/h1-10,12-13,15-22,24-26H,23H2,(H,44,45,46). The van der Waals surface area contributed by atoms with Gasteiger partial charge in [-0.05, 0) is 41.1 Å². The number of hydrogen-bond donors (Lipinski definition) is 1. The molecule has 1 aliphatic rings. The average Bonchev–Trinajstić information content (AvgIpc) is 3.25. The second-order valence-electron chi connectivity index (χ2n) is 11.4. The average molecular weight is 603 g/mol. The highest BCUT2D eigenvalue weighted by Gasteiger charge is 2.25. The molecule has 0 radical (unpaired) electrons. The third-order valence-corrected chi connectivity index (χ3v) is 8.63. The van der Waals surface area contributed by atoms with Crippen LogP contribution in [-0.4, -0.2) is 32.3 Å². The Balaban J connectivity index is 1.45. The van der Waals surface area contributed by atoms with Gasteiger partial charge in [0.15, 0.2) is 0 Å². The molecule has 5 aromatic carbocycles. The molecule has 9 rings (SSSR count). The number of aromatic nitrogens is 4. The largest absolute Gasteiger partial charge is 0.322 e. The molecule has 6 nitrogen and oxygen atoms in total. The molecule has 220 valence electrons. The Morgan fingerprint density at radius 2 is 1.45 bits per heavy atom. The van der Waals surface area contributed by atoms with E-state index < -0.39 is 0 Å². The number of anilines is 2. The number of benzene rings is 5. The van der Waals surface area contributed by atoms with Gasteiger partial charge in [-0.2, -0.15) is 0 Å². The lowest BCUT2D eigenvalue weighted by Crippen LogP contribution is -2.06. The normalized spacial score (nSPS) is 12.6. The lowest BCUT2D eigenvalue weighted by atomic mass is 9.92. The molecular weight excluding hydrogens is 576 g/mol. The molecule has 0 unspecified atom stereocenters. The fraction of sp³-hybridized carbons (Fsp3) is 0.0244.